The van der Waals surface area contributed by atoms with Gasteiger partial charge in [0.15, 0.2) is 0 Å². The van der Waals surface area contributed by atoms with E-state index in [1.165, 1.54) is 6.07 Å². The molecule has 6 nitrogen and oxygen atoms in total. The van der Waals surface area contributed by atoms with Gasteiger partial charge in [-0.1, -0.05) is 13.8 Å². The molecule has 1 aromatic heterocycles. The summed E-state index contributed by atoms with van der Waals surface area (Å²) in [4.78, 5) is 21.9. The van der Waals surface area contributed by atoms with Crippen LogP contribution in [0.2, 0.25) is 0 Å². The van der Waals surface area contributed by atoms with Crippen LogP contribution < -0.4 is 10.6 Å². The van der Waals surface area contributed by atoms with E-state index in [0.29, 0.717) is 24.8 Å². The largest absolute Gasteiger partial charge is 0.475 e. The van der Waals surface area contributed by atoms with E-state index in [9.17, 15) is 9.59 Å². The summed E-state index contributed by atoms with van der Waals surface area (Å²) in [7, 11) is 0. The van der Waals surface area contributed by atoms with Gasteiger partial charge in [-0.15, -0.1) is 0 Å². The Hall–Kier alpha value is -1.82. The summed E-state index contributed by atoms with van der Waals surface area (Å²) >= 11 is 0. The Balaban J connectivity index is 2.24. The predicted octanol–water partition coefficient (Wildman–Crippen LogP) is 0.840. The first-order chi connectivity index (χ1) is 8.49. The highest BCUT2D eigenvalue weighted by Crippen LogP contribution is 2.06. The van der Waals surface area contributed by atoms with Gasteiger partial charge in [-0.05, 0) is 18.1 Å². The van der Waals surface area contributed by atoms with Crippen LogP contribution in [0.1, 0.15) is 30.2 Å². The van der Waals surface area contributed by atoms with Gasteiger partial charge in [-0.2, -0.15) is 0 Å². The number of hydrogen-bond donors (Lipinski definition) is 3. The Morgan fingerprint density at radius 1 is 1.39 bits per heavy atom. The Kier molecular flexibility index (Phi) is 5.38. The third-order valence-corrected chi connectivity index (χ3v) is 2.16. The van der Waals surface area contributed by atoms with Gasteiger partial charge in [0.25, 0.3) is 0 Å². The summed E-state index contributed by atoms with van der Waals surface area (Å²) in [5.41, 5.74) is 0. The second-order valence-electron chi connectivity index (χ2n) is 4.37. The van der Waals surface area contributed by atoms with E-state index < -0.39 is 5.97 Å². The fourth-order valence-electron chi connectivity index (χ4n) is 1.27. The molecular weight excluding hydrogens is 236 g/mol. The molecule has 0 aliphatic heterocycles. The predicted molar refractivity (Wildman–Crippen MR) is 65.2 cm³/mol. The van der Waals surface area contributed by atoms with Crippen LogP contribution in [-0.4, -0.2) is 30.1 Å². The summed E-state index contributed by atoms with van der Waals surface area (Å²) in [5, 5.41) is 14.3. The molecule has 1 amide bonds. The molecule has 1 heterocycles. The van der Waals surface area contributed by atoms with Crippen LogP contribution in [0.25, 0.3) is 0 Å². The number of nitrogens with one attached hydrogen (secondary N) is 2. The molecule has 0 bridgehead atoms. The topological polar surface area (TPSA) is 91.6 Å². The molecule has 0 fully saturated rings. The molecule has 0 spiro atoms. The molecule has 18 heavy (non-hydrogen) atoms. The highest BCUT2D eigenvalue weighted by atomic mass is 16.4. The summed E-state index contributed by atoms with van der Waals surface area (Å²) in [5.74, 6) is -0.387. The van der Waals surface area contributed by atoms with Crippen LogP contribution >= 0.6 is 0 Å². The first-order valence-corrected chi connectivity index (χ1v) is 5.78. The first kappa shape index (κ1) is 14.2. The molecule has 0 aliphatic rings. The fourth-order valence-corrected chi connectivity index (χ4v) is 1.27. The minimum absolute atomic E-state index is 0.0892. The van der Waals surface area contributed by atoms with E-state index in [1.807, 2.05) is 13.8 Å². The normalized spacial score (nSPS) is 10.6. The number of furan rings is 1. The van der Waals surface area contributed by atoms with Crippen molar-refractivity contribution >= 4 is 11.9 Å². The van der Waals surface area contributed by atoms with Crippen LogP contribution in [0.5, 0.6) is 0 Å². The summed E-state index contributed by atoms with van der Waals surface area (Å²) in [6.07, 6.45) is 0. The van der Waals surface area contributed by atoms with Crippen molar-refractivity contribution in [3.63, 3.8) is 0 Å². The number of amides is 1. The lowest BCUT2D eigenvalue weighted by Crippen LogP contribution is -2.35. The summed E-state index contributed by atoms with van der Waals surface area (Å²) in [6.45, 7) is 5.18. The lowest BCUT2D eigenvalue weighted by atomic mass is 10.2. The molecule has 100 valence electrons. The number of rotatable bonds is 7. The van der Waals surface area contributed by atoms with Crippen molar-refractivity contribution in [3.05, 3.63) is 23.7 Å². The van der Waals surface area contributed by atoms with Crippen molar-refractivity contribution in [2.24, 2.45) is 5.92 Å². The average molecular weight is 254 g/mol. The average Bonchev–Trinajstić information content (AvgIpc) is 2.75. The van der Waals surface area contributed by atoms with Crippen LogP contribution in [0.4, 0.5) is 0 Å². The van der Waals surface area contributed by atoms with Crippen molar-refractivity contribution < 1.29 is 19.1 Å². The SMILES string of the molecule is CC(C)CNC(=O)CNCc1ccc(C(=O)O)o1. The maximum atomic E-state index is 11.4. The van der Waals surface area contributed by atoms with Crippen molar-refractivity contribution in [3.8, 4) is 0 Å². The molecule has 0 saturated heterocycles. The smallest absolute Gasteiger partial charge is 0.371 e. The van der Waals surface area contributed by atoms with Gasteiger partial charge in [-0.3, -0.25) is 4.79 Å². The van der Waals surface area contributed by atoms with Crippen LogP contribution in [0.3, 0.4) is 0 Å². The number of carboxylic acid groups (broad SMARTS) is 1. The molecule has 0 unspecified atom stereocenters. The zero-order chi connectivity index (χ0) is 13.5. The molecule has 1 rings (SSSR count). The Morgan fingerprint density at radius 2 is 2.11 bits per heavy atom. The molecule has 0 aromatic carbocycles. The van der Waals surface area contributed by atoms with Gasteiger partial charge in [0.05, 0.1) is 13.1 Å². The Labute approximate surface area is 105 Å². The van der Waals surface area contributed by atoms with E-state index in [2.05, 4.69) is 10.6 Å². The van der Waals surface area contributed by atoms with Gasteiger partial charge in [0.1, 0.15) is 5.76 Å². The molecule has 6 heteroatoms. The Bertz CT molecular complexity index is 412. The highest BCUT2D eigenvalue weighted by Gasteiger charge is 2.09. The minimum atomic E-state index is -1.10. The van der Waals surface area contributed by atoms with E-state index >= 15 is 0 Å². The second kappa shape index (κ2) is 6.80. The maximum Gasteiger partial charge on any atom is 0.371 e. The third-order valence-electron chi connectivity index (χ3n) is 2.16. The number of carbonyl (C=O) groups excluding carboxylic acids is 1. The number of carbonyl (C=O) groups is 2. The van der Waals surface area contributed by atoms with Gasteiger partial charge in [0, 0.05) is 6.54 Å². The maximum absolute atomic E-state index is 11.4. The van der Waals surface area contributed by atoms with Gasteiger partial charge in [-0.25, -0.2) is 4.79 Å². The molecule has 0 radical (unpaired) electrons. The molecule has 0 atom stereocenters. The third kappa shape index (κ3) is 5.01. The van der Waals surface area contributed by atoms with E-state index in [4.69, 9.17) is 9.52 Å². The first-order valence-electron chi connectivity index (χ1n) is 5.78. The van der Waals surface area contributed by atoms with E-state index in [0.717, 1.165) is 0 Å². The van der Waals surface area contributed by atoms with Gasteiger partial charge in [0.2, 0.25) is 11.7 Å². The summed E-state index contributed by atoms with van der Waals surface area (Å²) in [6, 6.07) is 2.96. The zero-order valence-electron chi connectivity index (χ0n) is 10.5. The van der Waals surface area contributed by atoms with Crippen LogP contribution in [-0.2, 0) is 11.3 Å². The van der Waals surface area contributed by atoms with Crippen LogP contribution in [0, 0.1) is 5.92 Å². The quantitative estimate of drug-likeness (QED) is 0.670. The van der Waals surface area contributed by atoms with Crippen molar-refractivity contribution in [2.45, 2.75) is 20.4 Å². The van der Waals surface area contributed by atoms with Crippen LogP contribution in [0.15, 0.2) is 16.5 Å². The highest BCUT2D eigenvalue weighted by molar-refractivity contribution is 5.84. The van der Waals surface area contributed by atoms with Crippen molar-refractivity contribution in [2.75, 3.05) is 13.1 Å². The monoisotopic (exact) mass is 254 g/mol. The number of carboxylic acids is 1. The standard InChI is InChI=1S/C12H18N2O4/c1-8(2)5-14-11(15)7-13-6-9-3-4-10(18-9)12(16)17/h3-4,8,13H,5-7H2,1-2H3,(H,14,15)(H,16,17). The number of hydrogen-bond acceptors (Lipinski definition) is 4. The fraction of sp³-hybridized carbons (Fsp3) is 0.500. The van der Waals surface area contributed by atoms with E-state index in [-0.39, 0.29) is 18.2 Å². The second-order valence-corrected chi connectivity index (χ2v) is 4.37. The molecule has 0 aliphatic carbocycles. The molecular formula is C12H18N2O4. The van der Waals surface area contributed by atoms with Crippen molar-refractivity contribution in [1.82, 2.24) is 10.6 Å². The Morgan fingerprint density at radius 3 is 2.67 bits per heavy atom. The van der Waals surface area contributed by atoms with E-state index in [1.54, 1.807) is 6.07 Å². The van der Waals surface area contributed by atoms with Gasteiger partial charge < -0.3 is 20.2 Å². The summed E-state index contributed by atoms with van der Waals surface area (Å²) < 4.78 is 5.03. The number of aromatic carboxylic acids is 1. The molecule has 1 aromatic rings. The van der Waals surface area contributed by atoms with Gasteiger partial charge >= 0.3 is 5.97 Å². The minimum Gasteiger partial charge on any atom is -0.475 e. The lowest BCUT2D eigenvalue weighted by Gasteiger charge is -2.07. The lowest BCUT2D eigenvalue weighted by molar-refractivity contribution is -0.120. The molecule has 0 saturated carbocycles. The zero-order valence-corrected chi connectivity index (χ0v) is 10.5. The van der Waals surface area contributed by atoms with Crippen molar-refractivity contribution in [1.29, 1.82) is 0 Å². The molecule has 3 N–H and O–H groups in total.